The molecular formula is C12H18ClNO3. The summed E-state index contributed by atoms with van der Waals surface area (Å²) in [5.41, 5.74) is 6.48. The molecule has 5 heteroatoms. The molecule has 0 fully saturated rings. The first kappa shape index (κ1) is 14.1. The second-order valence-corrected chi connectivity index (χ2v) is 4.12. The molecule has 0 amide bonds. The van der Waals surface area contributed by atoms with Gasteiger partial charge in [-0.05, 0) is 13.0 Å². The maximum Gasteiger partial charge on any atom is 0.166 e. The number of halogens is 1. The van der Waals surface area contributed by atoms with Crippen LogP contribution in [-0.4, -0.2) is 26.9 Å². The Morgan fingerprint density at radius 3 is 2.59 bits per heavy atom. The smallest absolute Gasteiger partial charge is 0.166 e. The topological polar surface area (TPSA) is 53.7 Å². The second-order valence-electron chi connectivity index (χ2n) is 3.68. The first-order valence-corrected chi connectivity index (χ1v) is 5.72. The van der Waals surface area contributed by atoms with Crippen LogP contribution in [0.1, 0.15) is 12.5 Å². The molecule has 1 aromatic carbocycles. The van der Waals surface area contributed by atoms with E-state index in [-0.39, 0.29) is 6.10 Å². The fourth-order valence-corrected chi connectivity index (χ4v) is 1.76. The lowest BCUT2D eigenvalue weighted by molar-refractivity contribution is 0.0893. The molecule has 1 rings (SSSR count). The van der Waals surface area contributed by atoms with Gasteiger partial charge < -0.3 is 19.9 Å². The lowest BCUT2D eigenvalue weighted by atomic mass is 10.2. The Hall–Kier alpha value is -0.970. The number of nitrogens with two attached hydrogens (primary N) is 1. The molecule has 0 aliphatic carbocycles. The minimum absolute atomic E-state index is 0.0830. The number of ether oxygens (including phenoxy) is 3. The van der Waals surface area contributed by atoms with Gasteiger partial charge in [0.05, 0.1) is 13.7 Å². The van der Waals surface area contributed by atoms with Crippen LogP contribution in [0.25, 0.3) is 0 Å². The largest absolute Gasteiger partial charge is 0.493 e. The summed E-state index contributed by atoms with van der Waals surface area (Å²) in [5, 5.41) is 0.578. The van der Waals surface area contributed by atoms with Gasteiger partial charge in [0, 0.05) is 30.3 Å². The number of hydrogen-bond donors (Lipinski definition) is 1. The van der Waals surface area contributed by atoms with Crippen molar-refractivity contribution in [3.63, 3.8) is 0 Å². The first-order valence-electron chi connectivity index (χ1n) is 5.34. The Labute approximate surface area is 107 Å². The molecule has 0 saturated heterocycles. The van der Waals surface area contributed by atoms with Crippen molar-refractivity contribution in [3.8, 4) is 11.5 Å². The highest BCUT2D eigenvalue weighted by molar-refractivity contribution is 6.30. The maximum absolute atomic E-state index is 5.96. The third-order valence-electron chi connectivity index (χ3n) is 2.26. The lowest BCUT2D eigenvalue weighted by Gasteiger charge is -2.19. The van der Waals surface area contributed by atoms with Gasteiger partial charge in [-0.3, -0.25) is 0 Å². The van der Waals surface area contributed by atoms with Crippen LogP contribution < -0.4 is 15.2 Å². The summed E-state index contributed by atoms with van der Waals surface area (Å²) < 4.78 is 16.0. The van der Waals surface area contributed by atoms with Crippen molar-refractivity contribution < 1.29 is 14.2 Å². The Morgan fingerprint density at radius 2 is 2.06 bits per heavy atom. The van der Waals surface area contributed by atoms with E-state index in [9.17, 15) is 0 Å². The molecule has 0 aliphatic rings. The van der Waals surface area contributed by atoms with E-state index in [1.165, 1.54) is 0 Å². The maximum atomic E-state index is 5.96. The van der Waals surface area contributed by atoms with Crippen LogP contribution in [0.3, 0.4) is 0 Å². The van der Waals surface area contributed by atoms with E-state index in [0.29, 0.717) is 29.7 Å². The molecule has 1 aromatic rings. The highest BCUT2D eigenvalue weighted by Gasteiger charge is 2.14. The summed E-state index contributed by atoms with van der Waals surface area (Å²) in [6.07, 6.45) is -0.0830. The molecule has 0 bridgehead atoms. The summed E-state index contributed by atoms with van der Waals surface area (Å²) in [4.78, 5) is 0. The number of methoxy groups -OCH3 is 2. The van der Waals surface area contributed by atoms with E-state index in [2.05, 4.69) is 0 Å². The first-order chi connectivity index (χ1) is 8.12. The molecule has 2 N–H and O–H groups in total. The van der Waals surface area contributed by atoms with Crippen molar-refractivity contribution in [2.24, 2.45) is 5.73 Å². The second kappa shape index (κ2) is 6.69. The van der Waals surface area contributed by atoms with E-state index >= 15 is 0 Å². The molecule has 0 spiro atoms. The van der Waals surface area contributed by atoms with Crippen LogP contribution >= 0.6 is 11.6 Å². The lowest BCUT2D eigenvalue weighted by Crippen LogP contribution is -2.19. The monoisotopic (exact) mass is 259 g/mol. The fourth-order valence-electron chi connectivity index (χ4n) is 1.53. The van der Waals surface area contributed by atoms with Gasteiger partial charge in [0.1, 0.15) is 6.10 Å². The molecule has 1 unspecified atom stereocenters. The third kappa shape index (κ3) is 3.77. The molecule has 1 atom stereocenters. The molecule has 0 aliphatic heterocycles. The van der Waals surface area contributed by atoms with Crippen molar-refractivity contribution in [2.75, 3.05) is 20.8 Å². The van der Waals surface area contributed by atoms with E-state index in [0.717, 1.165) is 5.56 Å². The molecule has 4 nitrogen and oxygen atoms in total. The van der Waals surface area contributed by atoms with Gasteiger partial charge in [-0.1, -0.05) is 11.6 Å². The molecular weight excluding hydrogens is 242 g/mol. The van der Waals surface area contributed by atoms with Gasteiger partial charge in [-0.25, -0.2) is 0 Å². The molecule has 0 radical (unpaired) electrons. The Kier molecular flexibility index (Phi) is 5.55. The zero-order valence-corrected chi connectivity index (χ0v) is 11.1. The molecule has 17 heavy (non-hydrogen) atoms. The van der Waals surface area contributed by atoms with Gasteiger partial charge in [0.2, 0.25) is 0 Å². The summed E-state index contributed by atoms with van der Waals surface area (Å²) in [6, 6.07) is 3.48. The summed E-state index contributed by atoms with van der Waals surface area (Å²) in [5.74, 6) is 1.21. The van der Waals surface area contributed by atoms with Crippen LogP contribution in [-0.2, 0) is 11.3 Å². The fraction of sp³-hybridized carbons (Fsp3) is 0.500. The van der Waals surface area contributed by atoms with Crippen LogP contribution in [0.4, 0.5) is 0 Å². The van der Waals surface area contributed by atoms with Gasteiger partial charge in [0.25, 0.3) is 0 Å². The quantitative estimate of drug-likeness (QED) is 0.851. The Balaban J connectivity index is 3.02. The average Bonchev–Trinajstić information content (AvgIpc) is 2.31. The molecule has 0 aromatic heterocycles. The average molecular weight is 260 g/mol. The number of rotatable bonds is 6. The summed E-state index contributed by atoms with van der Waals surface area (Å²) in [6.45, 7) is 2.75. The number of hydrogen-bond acceptors (Lipinski definition) is 4. The van der Waals surface area contributed by atoms with E-state index in [1.807, 2.05) is 6.92 Å². The predicted molar refractivity (Wildman–Crippen MR) is 67.9 cm³/mol. The highest BCUT2D eigenvalue weighted by atomic mass is 35.5. The Bertz CT molecular complexity index is 346. The Morgan fingerprint density at radius 1 is 1.35 bits per heavy atom. The molecule has 96 valence electrons. The third-order valence-corrected chi connectivity index (χ3v) is 2.47. The number of benzene rings is 1. The van der Waals surface area contributed by atoms with E-state index < -0.39 is 0 Å². The standard InChI is InChI=1S/C12H18ClNO3/c1-8(7-15-2)17-12-9(6-14)4-10(13)5-11(12)16-3/h4-5,8H,6-7,14H2,1-3H3. The minimum Gasteiger partial charge on any atom is -0.493 e. The highest BCUT2D eigenvalue weighted by Crippen LogP contribution is 2.35. The zero-order chi connectivity index (χ0) is 12.8. The van der Waals surface area contributed by atoms with Crippen molar-refractivity contribution >= 4 is 11.6 Å². The van der Waals surface area contributed by atoms with Crippen LogP contribution in [0.5, 0.6) is 11.5 Å². The zero-order valence-electron chi connectivity index (χ0n) is 10.3. The SMILES string of the molecule is COCC(C)Oc1c(CN)cc(Cl)cc1OC. The molecule has 0 saturated carbocycles. The van der Waals surface area contributed by atoms with E-state index in [4.69, 9.17) is 31.5 Å². The van der Waals surface area contributed by atoms with Gasteiger partial charge in [-0.2, -0.15) is 0 Å². The van der Waals surface area contributed by atoms with Crippen LogP contribution in [0, 0.1) is 0 Å². The van der Waals surface area contributed by atoms with Crippen LogP contribution in [0.2, 0.25) is 5.02 Å². The van der Waals surface area contributed by atoms with Crippen molar-refractivity contribution in [1.82, 2.24) is 0 Å². The van der Waals surface area contributed by atoms with Gasteiger partial charge in [0.15, 0.2) is 11.5 Å². The van der Waals surface area contributed by atoms with Crippen molar-refractivity contribution in [3.05, 3.63) is 22.7 Å². The van der Waals surface area contributed by atoms with Crippen molar-refractivity contribution in [1.29, 1.82) is 0 Å². The predicted octanol–water partition coefficient (Wildman–Crippen LogP) is 2.22. The van der Waals surface area contributed by atoms with Crippen LogP contribution in [0.15, 0.2) is 12.1 Å². The summed E-state index contributed by atoms with van der Waals surface area (Å²) in [7, 11) is 3.20. The van der Waals surface area contributed by atoms with Gasteiger partial charge >= 0.3 is 0 Å². The normalized spacial score (nSPS) is 12.3. The van der Waals surface area contributed by atoms with E-state index in [1.54, 1.807) is 26.4 Å². The van der Waals surface area contributed by atoms with Crippen molar-refractivity contribution in [2.45, 2.75) is 19.6 Å². The summed E-state index contributed by atoms with van der Waals surface area (Å²) >= 11 is 5.96. The minimum atomic E-state index is -0.0830. The molecule has 0 heterocycles. The van der Waals surface area contributed by atoms with Gasteiger partial charge in [-0.15, -0.1) is 0 Å².